The van der Waals surface area contributed by atoms with E-state index in [2.05, 4.69) is 134 Å². The molecule has 8 unspecified atom stereocenters. The van der Waals surface area contributed by atoms with Crippen LogP contribution in [-0.2, 0) is 22.4 Å². The fourth-order valence-electron chi connectivity index (χ4n) is 11.3. The Morgan fingerprint density at radius 2 is 0.952 bits per heavy atom. The highest BCUT2D eigenvalue weighted by atomic mass is 79.9. The standard InChI is InChI=1S/C38H48Br2O2/c1-33(2)29-17-19-35(33,5)31(41)37(29,23-27(39)21-25-13-9-7-10-14-25)38(24-28(40)22-26-15-11-8-12-16-26)30-18-20-36(6,32(38)42)34(30,3)4/h7-16,27-30H,17-24H2,1-6H3. The topological polar surface area (TPSA) is 34.1 Å². The monoisotopic (exact) mass is 694 g/mol. The summed E-state index contributed by atoms with van der Waals surface area (Å²) in [6.45, 7) is 13.9. The van der Waals surface area contributed by atoms with Crippen LogP contribution in [0.1, 0.15) is 91.2 Å². The second-order valence-electron chi connectivity index (χ2n) is 15.9. The van der Waals surface area contributed by atoms with Crippen LogP contribution in [0, 0.1) is 44.3 Å². The molecule has 2 aromatic rings. The quantitative estimate of drug-likeness (QED) is 0.245. The highest BCUT2D eigenvalue weighted by molar-refractivity contribution is 9.09. The molecule has 8 atom stereocenters. The minimum absolute atomic E-state index is 0.116. The minimum atomic E-state index is -0.688. The molecule has 0 aromatic heterocycles. The molecular formula is C38H48Br2O2. The fourth-order valence-corrected chi connectivity index (χ4v) is 13.1. The van der Waals surface area contributed by atoms with Gasteiger partial charge in [0.1, 0.15) is 11.6 Å². The molecule has 2 aromatic carbocycles. The Morgan fingerprint density at radius 1 is 0.619 bits per heavy atom. The Balaban J connectivity index is 1.53. The number of benzene rings is 2. The highest BCUT2D eigenvalue weighted by Gasteiger charge is 2.85. The van der Waals surface area contributed by atoms with Crippen LogP contribution in [0.5, 0.6) is 0 Å². The number of halogens is 2. The number of carbonyl (C=O) groups is 2. The van der Waals surface area contributed by atoms with Gasteiger partial charge in [0, 0.05) is 31.3 Å². The van der Waals surface area contributed by atoms with Gasteiger partial charge in [0.2, 0.25) is 0 Å². The van der Waals surface area contributed by atoms with E-state index < -0.39 is 21.7 Å². The molecule has 2 nitrogen and oxygen atoms in total. The van der Waals surface area contributed by atoms with Crippen molar-refractivity contribution in [3.8, 4) is 0 Å². The van der Waals surface area contributed by atoms with Crippen LogP contribution in [0.25, 0.3) is 0 Å². The van der Waals surface area contributed by atoms with Crippen molar-refractivity contribution in [3.05, 3.63) is 71.8 Å². The molecule has 4 aliphatic carbocycles. The minimum Gasteiger partial charge on any atom is -0.298 e. The predicted octanol–water partition coefficient (Wildman–Crippen LogP) is 9.80. The highest BCUT2D eigenvalue weighted by Crippen LogP contribution is 2.83. The van der Waals surface area contributed by atoms with Gasteiger partial charge in [0.15, 0.2) is 0 Å². The number of ketones is 2. The van der Waals surface area contributed by atoms with Gasteiger partial charge < -0.3 is 0 Å². The summed E-state index contributed by atoms with van der Waals surface area (Å²) in [7, 11) is 0. The van der Waals surface area contributed by atoms with Crippen LogP contribution in [0.2, 0.25) is 0 Å². The summed E-state index contributed by atoms with van der Waals surface area (Å²) in [5.41, 5.74) is 0.0726. The van der Waals surface area contributed by atoms with Crippen LogP contribution >= 0.6 is 31.9 Å². The van der Waals surface area contributed by atoms with Crippen molar-refractivity contribution in [2.24, 2.45) is 44.3 Å². The Morgan fingerprint density at radius 3 is 1.24 bits per heavy atom. The van der Waals surface area contributed by atoms with Crippen LogP contribution in [0.3, 0.4) is 0 Å². The van der Waals surface area contributed by atoms with E-state index in [0.717, 1.165) is 51.4 Å². The van der Waals surface area contributed by atoms with E-state index in [1.54, 1.807) is 0 Å². The van der Waals surface area contributed by atoms with Gasteiger partial charge in [-0.15, -0.1) is 0 Å². The third kappa shape index (κ3) is 3.85. The summed E-state index contributed by atoms with van der Waals surface area (Å²) in [6.07, 6.45) is 7.11. The molecule has 4 bridgehead atoms. The maximum Gasteiger partial charge on any atom is 0.146 e. The van der Waals surface area contributed by atoms with Gasteiger partial charge in [-0.25, -0.2) is 0 Å². The van der Waals surface area contributed by atoms with Crippen LogP contribution in [0.15, 0.2) is 60.7 Å². The van der Waals surface area contributed by atoms with Gasteiger partial charge >= 0.3 is 0 Å². The zero-order valence-corrected chi connectivity index (χ0v) is 29.5. The number of fused-ring (bicyclic) bond motifs is 4. The van der Waals surface area contributed by atoms with E-state index in [1.165, 1.54) is 11.1 Å². The molecule has 0 radical (unpaired) electrons. The smallest absolute Gasteiger partial charge is 0.146 e. The second kappa shape index (κ2) is 10.1. The number of hydrogen-bond donors (Lipinski definition) is 0. The maximum absolute atomic E-state index is 15.5. The lowest BCUT2D eigenvalue weighted by Gasteiger charge is -2.56. The molecular weight excluding hydrogens is 648 g/mol. The van der Waals surface area contributed by atoms with Crippen molar-refractivity contribution in [2.75, 3.05) is 0 Å². The molecule has 4 aliphatic rings. The first kappa shape index (κ1) is 30.8. The molecule has 0 N–H and O–H groups in total. The Labute approximate surface area is 270 Å². The lowest BCUT2D eigenvalue weighted by Crippen LogP contribution is -2.61. The summed E-state index contributed by atoms with van der Waals surface area (Å²) < 4.78 is 0. The second-order valence-corrected chi connectivity index (χ2v) is 18.5. The average Bonchev–Trinajstić information content (AvgIpc) is 3.42. The van der Waals surface area contributed by atoms with Gasteiger partial charge in [0.25, 0.3) is 0 Å². The number of carbonyl (C=O) groups excluding carboxylic acids is 2. The SMILES string of the molecule is CC12CCC(C1(C)C)C(CC(Br)Cc1ccccc1)(C1(CC(Br)Cc3ccccc3)C(=O)C3(C)CCC1C3(C)C)C2=O. The molecule has 0 spiro atoms. The summed E-state index contributed by atoms with van der Waals surface area (Å²) in [5, 5.41) is 0. The Hall–Kier alpha value is -1.26. The lowest BCUT2D eigenvalue weighted by molar-refractivity contribution is -0.166. The zero-order chi connectivity index (χ0) is 30.3. The molecule has 0 aliphatic heterocycles. The van der Waals surface area contributed by atoms with Crippen molar-refractivity contribution < 1.29 is 9.59 Å². The largest absolute Gasteiger partial charge is 0.298 e. The summed E-state index contributed by atoms with van der Waals surface area (Å²) in [6, 6.07) is 21.3. The van der Waals surface area contributed by atoms with Gasteiger partial charge in [-0.3, -0.25) is 9.59 Å². The van der Waals surface area contributed by atoms with Crippen molar-refractivity contribution in [3.63, 3.8) is 0 Å². The molecule has 4 saturated carbocycles. The molecule has 42 heavy (non-hydrogen) atoms. The molecule has 226 valence electrons. The number of Topliss-reactive ketones (excluding diaryl/α,β-unsaturated/α-hetero) is 2. The summed E-state index contributed by atoms with van der Waals surface area (Å²) in [5.74, 6) is 1.18. The van der Waals surface area contributed by atoms with Crippen molar-refractivity contribution in [1.29, 1.82) is 0 Å². The third-order valence-corrected chi connectivity index (χ3v) is 15.2. The van der Waals surface area contributed by atoms with Crippen molar-refractivity contribution in [2.45, 2.75) is 103 Å². The zero-order valence-electron chi connectivity index (χ0n) is 26.3. The van der Waals surface area contributed by atoms with Crippen LogP contribution in [-0.4, -0.2) is 21.2 Å². The Bertz CT molecular complexity index is 1260. The molecule has 4 heteroatoms. The van der Waals surface area contributed by atoms with Gasteiger partial charge in [-0.2, -0.15) is 0 Å². The predicted molar refractivity (Wildman–Crippen MR) is 179 cm³/mol. The van der Waals surface area contributed by atoms with Gasteiger partial charge in [0.05, 0.1) is 0 Å². The molecule has 6 rings (SSSR count). The van der Waals surface area contributed by atoms with Gasteiger partial charge in [-0.1, -0.05) is 134 Å². The number of alkyl halides is 2. The van der Waals surface area contributed by atoms with E-state index in [-0.39, 0.29) is 32.3 Å². The van der Waals surface area contributed by atoms with E-state index in [0.29, 0.717) is 11.6 Å². The van der Waals surface area contributed by atoms with E-state index >= 15 is 9.59 Å². The van der Waals surface area contributed by atoms with Crippen LogP contribution < -0.4 is 0 Å². The van der Waals surface area contributed by atoms with Crippen molar-refractivity contribution in [1.82, 2.24) is 0 Å². The van der Waals surface area contributed by atoms with Crippen LogP contribution in [0.4, 0.5) is 0 Å². The van der Waals surface area contributed by atoms with Gasteiger partial charge in [-0.05, 0) is 85.2 Å². The molecule has 0 heterocycles. The van der Waals surface area contributed by atoms with E-state index in [9.17, 15) is 0 Å². The molecule has 0 amide bonds. The first-order valence-electron chi connectivity index (χ1n) is 16.1. The normalized spacial score (nSPS) is 39.1. The molecule has 0 saturated heterocycles. The third-order valence-electron chi connectivity index (χ3n) is 13.9. The number of hydrogen-bond acceptors (Lipinski definition) is 2. The maximum atomic E-state index is 15.5. The van der Waals surface area contributed by atoms with E-state index in [4.69, 9.17) is 0 Å². The lowest BCUT2D eigenvalue weighted by atomic mass is 9.45. The Kier molecular flexibility index (Phi) is 7.42. The summed E-state index contributed by atoms with van der Waals surface area (Å²) in [4.78, 5) is 31.2. The number of rotatable bonds is 9. The van der Waals surface area contributed by atoms with Crippen molar-refractivity contribution >= 4 is 43.4 Å². The molecule has 4 fully saturated rings. The summed E-state index contributed by atoms with van der Waals surface area (Å²) >= 11 is 8.29. The first-order valence-corrected chi connectivity index (χ1v) is 18.0. The fraction of sp³-hybridized carbons (Fsp3) is 0.632. The van der Waals surface area contributed by atoms with E-state index in [1.807, 2.05) is 0 Å². The first-order chi connectivity index (χ1) is 19.7. The average molecular weight is 697 g/mol.